The molecule has 0 unspecified atom stereocenters. The maximum absolute atomic E-state index is 13.2. The number of morpholine rings is 1. The highest BCUT2D eigenvalue weighted by Crippen LogP contribution is 2.36. The quantitative estimate of drug-likeness (QED) is 0.579. The SMILES string of the molecule is CCN(CC)c1ccc(/C=C2\CCC(C(=O)Nc3ccc(Cl)cc3)=C2N2CCOCC2)cc1. The van der Waals surface area contributed by atoms with Crippen molar-refractivity contribution in [3.05, 3.63) is 76.0 Å². The molecule has 0 saturated carbocycles. The molecule has 2 aliphatic rings. The second kappa shape index (κ2) is 10.9. The van der Waals surface area contributed by atoms with E-state index in [0.717, 1.165) is 61.5 Å². The number of rotatable bonds is 7. The van der Waals surface area contributed by atoms with Crippen LogP contribution in [0.1, 0.15) is 32.3 Å². The zero-order chi connectivity index (χ0) is 23.2. The summed E-state index contributed by atoms with van der Waals surface area (Å²) < 4.78 is 5.57. The second-order valence-corrected chi connectivity index (χ2v) is 8.76. The van der Waals surface area contributed by atoms with Gasteiger partial charge in [0.25, 0.3) is 5.91 Å². The zero-order valence-electron chi connectivity index (χ0n) is 19.4. The van der Waals surface area contributed by atoms with Crippen molar-refractivity contribution in [3.63, 3.8) is 0 Å². The van der Waals surface area contributed by atoms with E-state index >= 15 is 0 Å². The molecule has 1 heterocycles. The fourth-order valence-corrected chi connectivity index (χ4v) is 4.67. The van der Waals surface area contributed by atoms with Crippen LogP contribution in [0.2, 0.25) is 5.02 Å². The van der Waals surface area contributed by atoms with Crippen molar-refractivity contribution < 1.29 is 9.53 Å². The molecule has 1 aliphatic carbocycles. The molecule has 0 radical (unpaired) electrons. The van der Waals surface area contributed by atoms with Gasteiger partial charge in [-0.3, -0.25) is 4.79 Å². The molecule has 33 heavy (non-hydrogen) atoms. The molecular formula is C27H32ClN3O2. The fourth-order valence-electron chi connectivity index (χ4n) is 4.54. The largest absolute Gasteiger partial charge is 0.378 e. The molecular weight excluding hydrogens is 434 g/mol. The lowest BCUT2D eigenvalue weighted by Gasteiger charge is -2.31. The normalized spacial score (nSPS) is 17.5. The van der Waals surface area contributed by atoms with E-state index in [0.29, 0.717) is 18.2 Å². The van der Waals surface area contributed by atoms with Crippen LogP contribution < -0.4 is 10.2 Å². The maximum Gasteiger partial charge on any atom is 0.253 e. The van der Waals surface area contributed by atoms with Crippen LogP contribution in [-0.2, 0) is 9.53 Å². The third-order valence-corrected chi connectivity index (χ3v) is 6.55. The predicted molar refractivity (Wildman–Crippen MR) is 137 cm³/mol. The minimum Gasteiger partial charge on any atom is -0.378 e. The Hall–Kier alpha value is -2.76. The number of ether oxygens (including phenoxy) is 1. The van der Waals surface area contributed by atoms with Crippen molar-refractivity contribution in [1.29, 1.82) is 0 Å². The first-order chi connectivity index (χ1) is 16.1. The molecule has 0 atom stereocenters. The Morgan fingerprint density at radius 1 is 1.03 bits per heavy atom. The molecule has 174 valence electrons. The van der Waals surface area contributed by atoms with Gasteiger partial charge >= 0.3 is 0 Å². The zero-order valence-corrected chi connectivity index (χ0v) is 20.2. The van der Waals surface area contributed by atoms with E-state index in [-0.39, 0.29) is 5.91 Å². The lowest BCUT2D eigenvalue weighted by Crippen LogP contribution is -2.36. The minimum absolute atomic E-state index is 0.0425. The first-order valence-electron chi connectivity index (χ1n) is 11.8. The number of halogens is 1. The number of nitrogens with zero attached hydrogens (tertiary/aromatic N) is 2. The molecule has 6 heteroatoms. The van der Waals surface area contributed by atoms with Crippen LogP contribution in [0, 0.1) is 0 Å². The number of nitrogens with one attached hydrogen (secondary N) is 1. The van der Waals surface area contributed by atoms with Gasteiger partial charge in [0.1, 0.15) is 0 Å². The van der Waals surface area contributed by atoms with Gasteiger partial charge in [0, 0.05) is 53.8 Å². The third kappa shape index (κ3) is 5.60. The standard InChI is InChI=1S/C27H32ClN3O2/c1-3-30(4-2)24-12-5-20(6-13-24)19-21-7-14-25(26(21)31-15-17-33-18-16-31)27(32)29-23-10-8-22(28)9-11-23/h5-6,8-13,19H,3-4,7,14-18H2,1-2H3,(H,29,32)/b21-19+. The topological polar surface area (TPSA) is 44.8 Å². The van der Waals surface area contributed by atoms with E-state index < -0.39 is 0 Å². The number of hydrogen-bond donors (Lipinski definition) is 1. The van der Waals surface area contributed by atoms with Crippen LogP contribution in [0.15, 0.2) is 65.4 Å². The number of hydrogen-bond acceptors (Lipinski definition) is 4. The van der Waals surface area contributed by atoms with E-state index in [1.807, 2.05) is 12.1 Å². The summed E-state index contributed by atoms with van der Waals surface area (Å²) in [6.45, 7) is 9.29. The van der Waals surface area contributed by atoms with Crippen molar-refractivity contribution in [2.45, 2.75) is 26.7 Å². The summed E-state index contributed by atoms with van der Waals surface area (Å²) in [6.07, 6.45) is 3.82. The van der Waals surface area contributed by atoms with Gasteiger partial charge in [0.15, 0.2) is 0 Å². The molecule has 1 saturated heterocycles. The van der Waals surface area contributed by atoms with Gasteiger partial charge in [-0.2, -0.15) is 0 Å². The van der Waals surface area contributed by atoms with Gasteiger partial charge in [-0.1, -0.05) is 23.7 Å². The van der Waals surface area contributed by atoms with E-state index in [4.69, 9.17) is 16.3 Å². The molecule has 2 aromatic carbocycles. The van der Waals surface area contributed by atoms with Crippen LogP contribution in [0.25, 0.3) is 6.08 Å². The maximum atomic E-state index is 13.2. The van der Waals surface area contributed by atoms with Gasteiger partial charge in [-0.25, -0.2) is 0 Å². The second-order valence-electron chi connectivity index (χ2n) is 8.32. The molecule has 0 aromatic heterocycles. The van der Waals surface area contributed by atoms with Gasteiger partial charge in [0.2, 0.25) is 0 Å². The van der Waals surface area contributed by atoms with Crippen molar-refractivity contribution in [2.75, 3.05) is 49.6 Å². The van der Waals surface area contributed by atoms with Crippen LogP contribution in [0.4, 0.5) is 11.4 Å². The molecule has 2 aromatic rings. The molecule has 1 aliphatic heterocycles. The van der Waals surface area contributed by atoms with E-state index in [2.05, 4.69) is 59.3 Å². The summed E-state index contributed by atoms with van der Waals surface area (Å²) in [5.41, 5.74) is 6.28. The van der Waals surface area contributed by atoms with Crippen molar-refractivity contribution >= 4 is 35.0 Å². The number of allylic oxidation sites excluding steroid dienone is 1. The van der Waals surface area contributed by atoms with Crippen LogP contribution in [0.3, 0.4) is 0 Å². The summed E-state index contributed by atoms with van der Waals surface area (Å²) >= 11 is 5.99. The average molecular weight is 466 g/mol. The molecule has 5 nitrogen and oxygen atoms in total. The van der Waals surface area contributed by atoms with E-state index in [1.165, 1.54) is 11.3 Å². The number of amides is 1. The summed E-state index contributed by atoms with van der Waals surface area (Å²) in [5, 5.41) is 3.70. The summed E-state index contributed by atoms with van der Waals surface area (Å²) in [7, 11) is 0. The molecule has 1 N–H and O–H groups in total. The minimum atomic E-state index is -0.0425. The highest BCUT2D eigenvalue weighted by Gasteiger charge is 2.29. The lowest BCUT2D eigenvalue weighted by atomic mass is 10.1. The van der Waals surface area contributed by atoms with Crippen LogP contribution in [-0.4, -0.2) is 50.2 Å². The Kier molecular flexibility index (Phi) is 7.73. The van der Waals surface area contributed by atoms with Gasteiger partial charge in [0.05, 0.1) is 13.2 Å². The number of benzene rings is 2. The number of carbonyl (C=O) groups excluding carboxylic acids is 1. The van der Waals surface area contributed by atoms with Gasteiger partial charge < -0.3 is 19.9 Å². The fraction of sp³-hybridized carbons (Fsp3) is 0.370. The molecule has 0 bridgehead atoms. The molecule has 1 fully saturated rings. The summed E-state index contributed by atoms with van der Waals surface area (Å²) in [4.78, 5) is 17.9. The highest BCUT2D eigenvalue weighted by atomic mass is 35.5. The Balaban J connectivity index is 1.62. The lowest BCUT2D eigenvalue weighted by molar-refractivity contribution is -0.113. The van der Waals surface area contributed by atoms with Crippen LogP contribution in [0.5, 0.6) is 0 Å². The molecule has 4 rings (SSSR count). The van der Waals surface area contributed by atoms with Gasteiger partial charge in [-0.15, -0.1) is 0 Å². The molecule has 0 spiro atoms. The van der Waals surface area contributed by atoms with Crippen LogP contribution >= 0.6 is 11.6 Å². The number of carbonyl (C=O) groups is 1. The summed E-state index contributed by atoms with van der Waals surface area (Å²) in [6, 6.07) is 15.9. The first kappa shape index (κ1) is 23.4. The predicted octanol–water partition coefficient (Wildman–Crippen LogP) is 5.59. The van der Waals surface area contributed by atoms with Crippen molar-refractivity contribution in [2.24, 2.45) is 0 Å². The Morgan fingerprint density at radius 2 is 1.70 bits per heavy atom. The van der Waals surface area contributed by atoms with E-state index in [1.54, 1.807) is 12.1 Å². The Labute approximate surface area is 201 Å². The first-order valence-corrected chi connectivity index (χ1v) is 12.2. The third-order valence-electron chi connectivity index (χ3n) is 6.30. The van der Waals surface area contributed by atoms with Crippen molar-refractivity contribution in [1.82, 2.24) is 4.90 Å². The Morgan fingerprint density at radius 3 is 2.33 bits per heavy atom. The smallest absolute Gasteiger partial charge is 0.253 e. The monoisotopic (exact) mass is 465 g/mol. The van der Waals surface area contributed by atoms with Crippen molar-refractivity contribution in [3.8, 4) is 0 Å². The average Bonchev–Trinajstić information content (AvgIpc) is 3.26. The number of anilines is 2. The summed E-state index contributed by atoms with van der Waals surface area (Å²) in [5.74, 6) is -0.0425. The Bertz CT molecular complexity index is 1020. The van der Waals surface area contributed by atoms with E-state index in [9.17, 15) is 4.79 Å². The molecule has 1 amide bonds. The highest BCUT2D eigenvalue weighted by molar-refractivity contribution is 6.30. The van der Waals surface area contributed by atoms with Gasteiger partial charge in [-0.05, 0) is 80.3 Å².